The number of hydrogen-bond donors (Lipinski definition) is 1. The topological polar surface area (TPSA) is 12.0 Å². The Morgan fingerprint density at radius 2 is 2.23 bits per heavy atom. The molecule has 0 bridgehead atoms. The third-order valence-corrected chi connectivity index (χ3v) is 3.20. The van der Waals surface area contributed by atoms with E-state index in [0.29, 0.717) is 13.0 Å². The lowest BCUT2D eigenvalue weighted by atomic mass is 9.88. The predicted molar refractivity (Wildman–Crippen MR) is 50.0 cm³/mol. The van der Waals surface area contributed by atoms with Gasteiger partial charge in [-0.25, -0.2) is 8.78 Å². The highest BCUT2D eigenvalue weighted by atomic mass is 19.3. The Morgan fingerprint density at radius 1 is 1.54 bits per heavy atom. The second kappa shape index (κ2) is 4.36. The first kappa shape index (κ1) is 10.9. The van der Waals surface area contributed by atoms with Crippen molar-refractivity contribution in [3.8, 4) is 0 Å². The maximum absolute atomic E-state index is 12.9. The van der Waals surface area contributed by atoms with E-state index < -0.39 is 12.0 Å². The Labute approximate surface area is 78.9 Å². The molecular formula is C10H19F2N. The van der Waals surface area contributed by atoms with Crippen LogP contribution in [0.2, 0.25) is 0 Å². The molecule has 1 aliphatic rings. The summed E-state index contributed by atoms with van der Waals surface area (Å²) in [7, 11) is 0. The molecule has 0 aromatic rings. The van der Waals surface area contributed by atoms with E-state index in [2.05, 4.69) is 5.32 Å². The molecule has 1 rings (SSSR count). The van der Waals surface area contributed by atoms with Gasteiger partial charge in [-0.15, -0.1) is 0 Å². The monoisotopic (exact) mass is 191 g/mol. The van der Waals surface area contributed by atoms with Crippen LogP contribution >= 0.6 is 0 Å². The quantitative estimate of drug-likeness (QED) is 0.720. The van der Waals surface area contributed by atoms with Crippen LogP contribution in [0.5, 0.6) is 0 Å². The van der Waals surface area contributed by atoms with Gasteiger partial charge in [-0.05, 0) is 31.7 Å². The van der Waals surface area contributed by atoms with Crippen molar-refractivity contribution in [3.05, 3.63) is 0 Å². The minimum Gasteiger partial charge on any atom is -0.306 e. The highest BCUT2D eigenvalue weighted by Crippen LogP contribution is 2.39. The average molecular weight is 191 g/mol. The molecule has 0 saturated heterocycles. The molecule has 1 saturated carbocycles. The van der Waals surface area contributed by atoms with Crippen molar-refractivity contribution in [1.82, 2.24) is 5.32 Å². The summed E-state index contributed by atoms with van der Waals surface area (Å²) in [6.45, 7) is 4.64. The maximum atomic E-state index is 12.9. The van der Waals surface area contributed by atoms with Crippen molar-refractivity contribution in [2.24, 2.45) is 5.92 Å². The highest BCUT2D eigenvalue weighted by Gasteiger charge is 2.47. The third-order valence-electron chi connectivity index (χ3n) is 3.20. The van der Waals surface area contributed by atoms with Crippen molar-refractivity contribution in [1.29, 1.82) is 0 Å². The van der Waals surface area contributed by atoms with Crippen LogP contribution in [0.3, 0.4) is 0 Å². The first-order chi connectivity index (χ1) is 6.13. The smallest absolute Gasteiger partial charge is 0.256 e. The Morgan fingerprint density at radius 3 is 2.62 bits per heavy atom. The predicted octanol–water partition coefficient (Wildman–Crippen LogP) is 2.81. The van der Waals surface area contributed by atoms with E-state index >= 15 is 0 Å². The zero-order valence-corrected chi connectivity index (χ0v) is 8.45. The fourth-order valence-electron chi connectivity index (χ4n) is 2.23. The van der Waals surface area contributed by atoms with Crippen molar-refractivity contribution in [3.63, 3.8) is 0 Å². The standard InChI is InChI=1S/C10H19F2N/c1-3-7-13-10(9(11)12)6-4-5-8(10)2/h8-9,13H,3-7H2,1-2H3. The summed E-state index contributed by atoms with van der Waals surface area (Å²) in [5.41, 5.74) is -0.879. The molecule has 2 unspecified atom stereocenters. The van der Waals surface area contributed by atoms with Crippen molar-refractivity contribution in [2.45, 2.75) is 51.5 Å². The molecule has 0 heterocycles. The lowest BCUT2D eigenvalue weighted by Crippen LogP contribution is -2.53. The van der Waals surface area contributed by atoms with E-state index in [0.717, 1.165) is 19.3 Å². The normalized spacial score (nSPS) is 34.4. The number of hydrogen-bond acceptors (Lipinski definition) is 1. The van der Waals surface area contributed by atoms with Crippen LogP contribution in [0, 0.1) is 5.92 Å². The van der Waals surface area contributed by atoms with Gasteiger partial charge in [0.25, 0.3) is 6.43 Å². The number of rotatable bonds is 4. The van der Waals surface area contributed by atoms with E-state index in [1.54, 1.807) is 0 Å². The SMILES string of the molecule is CCCNC1(C(F)F)CCCC1C. The lowest BCUT2D eigenvalue weighted by molar-refractivity contribution is 0.0104. The van der Waals surface area contributed by atoms with Gasteiger partial charge in [0, 0.05) is 0 Å². The summed E-state index contributed by atoms with van der Waals surface area (Å²) < 4.78 is 25.8. The molecule has 2 atom stereocenters. The van der Waals surface area contributed by atoms with Gasteiger partial charge in [-0.1, -0.05) is 20.3 Å². The molecule has 1 N–H and O–H groups in total. The molecule has 3 heteroatoms. The molecule has 0 aliphatic heterocycles. The summed E-state index contributed by atoms with van der Waals surface area (Å²) >= 11 is 0. The molecule has 1 fully saturated rings. The van der Waals surface area contributed by atoms with E-state index in [4.69, 9.17) is 0 Å². The minimum absolute atomic E-state index is 0.110. The van der Waals surface area contributed by atoms with Crippen LogP contribution in [0.25, 0.3) is 0 Å². The van der Waals surface area contributed by atoms with Crippen LogP contribution < -0.4 is 5.32 Å². The first-order valence-electron chi connectivity index (χ1n) is 5.16. The van der Waals surface area contributed by atoms with E-state index in [1.807, 2.05) is 13.8 Å². The highest BCUT2D eigenvalue weighted by molar-refractivity contribution is 4.99. The van der Waals surface area contributed by atoms with E-state index in [1.165, 1.54) is 0 Å². The van der Waals surface area contributed by atoms with Gasteiger partial charge in [0.2, 0.25) is 0 Å². The largest absolute Gasteiger partial charge is 0.306 e. The number of alkyl halides is 2. The summed E-state index contributed by atoms with van der Waals surface area (Å²) in [6, 6.07) is 0. The molecular weight excluding hydrogens is 172 g/mol. The lowest BCUT2D eigenvalue weighted by Gasteiger charge is -2.34. The van der Waals surface area contributed by atoms with E-state index in [9.17, 15) is 8.78 Å². The number of halogens is 2. The molecule has 0 aromatic carbocycles. The van der Waals surface area contributed by atoms with Crippen LogP contribution in [0.15, 0.2) is 0 Å². The van der Waals surface area contributed by atoms with Crippen molar-refractivity contribution < 1.29 is 8.78 Å². The van der Waals surface area contributed by atoms with Gasteiger partial charge >= 0.3 is 0 Å². The van der Waals surface area contributed by atoms with Crippen LogP contribution in [0.1, 0.15) is 39.5 Å². The molecule has 0 radical (unpaired) electrons. The molecule has 0 amide bonds. The Hall–Kier alpha value is -0.180. The zero-order valence-electron chi connectivity index (χ0n) is 8.45. The summed E-state index contributed by atoms with van der Waals surface area (Å²) in [4.78, 5) is 0. The van der Waals surface area contributed by atoms with Gasteiger partial charge < -0.3 is 5.32 Å². The van der Waals surface area contributed by atoms with Gasteiger partial charge in [0.05, 0.1) is 5.54 Å². The molecule has 1 aliphatic carbocycles. The van der Waals surface area contributed by atoms with Crippen molar-refractivity contribution >= 4 is 0 Å². The fraction of sp³-hybridized carbons (Fsp3) is 1.00. The average Bonchev–Trinajstić information content (AvgIpc) is 2.45. The molecule has 0 spiro atoms. The second-order valence-electron chi connectivity index (χ2n) is 4.06. The van der Waals surface area contributed by atoms with Crippen LogP contribution in [-0.2, 0) is 0 Å². The summed E-state index contributed by atoms with van der Waals surface area (Å²) in [5.74, 6) is 0.110. The second-order valence-corrected chi connectivity index (χ2v) is 4.06. The Balaban J connectivity index is 2.63. The van der Waals surface area contributed by atoms with Gasteiger partial charge in [-0.3, -0.25) is 0 Å². The Kier molecular flexibility index (Phi) is 3.65. The third kappa shape index (κ3) is 2.01. The van der Waals surface area contributed by atoms with E-state index in [-0.39, 0.29) is 5.92 Å². The first-order valence-corrected chi connectivity index (χ1v) is 5.16. The van der Waals surface area contributed by atoms with Gasteiger partial charge in [-0.2, -0.15) is 0 Å². The molecule has 78 valence electrons. The molecule has 1 nitrogen and oxygen atoms in total. The van der Waals surface area contributed by atoms with Crippen LogP contribution in [-0.4, -0.2) is 18.5 Å². The van der Waals surface area contributed by atoms with Gasteiger partial charge in [0.1, 0.15) is 0 Å². The van der Waals surface area contributed by atoms with Gasteiger partial charge in [0.15, 0.2) is 0 Å². The maximum Gasteiger partial charge on any atom is 0.256 e. The minimum atomic E-state index is -2.23. The summed E-state index contributed by atoms with van der Waals surface area (Å²) in [6.07, 6.45) is 1.19. The fourth-order valence-corrected chi connectivity index (χ4v) is 2.23. The zero-order chi connectivity index (χ0) is 9.90. The molecule has 13 heavy (non-hydrogen) atoms. The van der Waals surface area contributed by atoms with Crippen molar-refractivity contribution in [2.75, 3.05) is 6.54 Å². The molecule has 0 aromatic heterocycles. The summed E-state index contributed by atoms with van der Waals surface area (Å²) in [5, 5.41) is 3.04. The van der Waals surface area contributed by atoms with Crippen LogP contribution in [0.4, 0.5) is 8.78 Å². The number of nitrogens with one attached hydrogen (secondary N) is 1. The Bertz CT molecular complexity index is 161.